The summed E-state index contributed by atoms with van der Waals surface area (Å²) in [6.45, 7) is 3.90. The zero-order valence-electron chi connectivity index (χ0n) is 14.2. The van der Waals surface area contributed by atoms with Crippen LogP contribution < -0.4 is 0 Å². The summed E-state index contributed by atoms with van der Waals surface area (Å²) in [6, 6.07) is 7.92. The van der Waals surface area contributed by atoms with Crippen molar-refractivity contribution in [3.8, 4) is 0 Å². The molecule has 1 aromatic carbocycles. The molecule has 3 aliphatic heterocycles. The predicted molar refractivity (Wildman–Crippen MR) is 91.9 cm³/mol. The molecule has 6 heteroatoms. The van der Waals surface area contributed by atoms with Crippen LogP contribution in [0, 0.1) is 6.92 Å². The Morgan fingerprint density at radius 1 is 1.36 bits per heavy atom. The van der Waals surface area contributed by atoms with Gasteiger partial charge in [-0.05, 0) is 18.6 Å². The molecule has 0 saturated carbocycles. The van der Waals surface area contributed by atoms with Gasteiger partial charge in [-0.25, -0.2) is 0 Å². The minimum absolute atomic E-state index is 0.0832. The van der Waals surface area contributed by atoms with E-state index in [1.165, 1.54) is 0 Å². The van der Waals surface area contributed by atoms with Gasteiger partial charge in [0.05, 0.1) is 25.5 Å². The molecule has 3 saturated heterocycles. The van der Waals surface area contributed by atoms with Gasteiger partial charge < -0.3 is 19.5 Å². The molecule has 2 atom stereocenters. The number of aromatic nitrogens is 1. The number of rotatable bonds is 2. The third-order valence-corrected chi connectivity index (χ3v) is 6.08. The van der Waals surface area contributed by atoms with E-state index >= 15 is 0 Å². The van der Waals surface area contributed by atoms with Gasteiger partial charge >= 0.3 is 0 Å². The van der Waals surface area contributed by atoms with Crippen LogP contribution in [0.4, 0.5) is 0 Å². The Bertz CT molecular complexity index is 889. The van der Waals surface area contributed by atoms with Gasteiger partial charge in [0.15, 0.2) is 5.72 Å². The highest BCUT2D eigenvalue weighted by Gasteiger charge is 2.62. The molecule has 1 spiro atoms. The number of ether oxygens (including phenoxy) is 1. The zero-order valence-corrected chi connectivity index (χ0v) is 14.2. The first-order valence-electron chi connectivity index (χ1n) is 8.90. The van der Waals surface area contributed by atoms with E-state index in [1.807, 2.05) is 41.0 Å². The first-order chi connectivity index (χ1) is 12.1. The van der Waals surface area contributed by atoms with Crippen molar-refractivity contribution in [3.05, 3.63) is 35.5 Å². The summed E-state index contributed by atoms with van der Waals surface area (Å²) in [7, 11) is 0. The maximum Gasteiger partial charge on any atom is 0.227 e. The Labute approximate surface area is 145 Å². The molecule has 130 valence electrons. The SMILES string of the molecule is Cc1[nH]c2ccccc2c1CC(=O)N1CC[C@@]23OCCN2C(=O)C[C@@H]13. The highest BCUT2D eigenvalue weighted by Crippen LogP contribution is 2.45. The number of hydrogen-bond donors (Lipinski definition) is 1. The minimum atomic E-state index is -0.554. The quantitative estimate of drug-likeness (QED) is 0.903. The van der Waals surface area contributed by atoms with E-state index in [1.54, 1.807) is 0 Å². The van der Waals surface area contributed by atoms with Crippen molar-refractivity contribution < 1.29 is 14.3 Å². The Balaban J connectivity index is 1.44. The largest absolute Gasteiger partial charge is 0.358 e. The average Bonchev–Trinajstić information content (AvgIpc) is 3.30. The van der Waals surface area contributed by atoms with Crippen molar-refractivity contribution in [1.29, 1.82) is 0 Å². The molecule has 2 aromatic rings. The third-order valence-electron chi connectivity index (χ3n) is 6.08. The number of aromatic amines is 1. The molecule has 5 rings (SSSR count). The van der Waals surface area contributed by atoms with Gasteiger partial charge in [0.1, 0.15) is 0 Å². The van der Waals surface area contributed by atoms with Crippen molar-refractivity contribution in [2.24, 2.45) is 0 Å². The molecule has 2 amide bonds. The van der Waals surface area contributed by atoms with E-state index in [9.17, 15) is 9.59 Å². The monoisotopic (exact) mass is 339 g/mol. The van der Waals surface area contributed by atoms with Crippen LogP contribution in [0.2, 0.25) is 0 Å². The number of carbonyl (C=O) groups excluding carboxylic acids is 2. The molecule has 4 heterocycles. The second-order valence-electron chi connectivity index (χ2n) is 7.25. The second-order valence-corrected chi connectivity index (χ2v) is 7.25. The number of likely N-dealkylation sites (tertiary alicyclic amines) is 1. The van der Waals surface area contributed by atoms with Crippen molar-refractivity contribution in [3.63, 3.8) is 0 Å². The number of benzene rings is 1. The zero-order chi connectivity index (χ0) is 17.2. The lowest BCUT2D eigenvalue weighted by molar-refractivity contribution is -0.139. The van der Waals surface area contributed by atoms with E-state index in [0.717, 1.165) is 28.6 Å². The highest BCUT2D eigenvalue weighted by atomic mass is 16.5. The summed E-state index contributed by atoms with van der Waals surface area (Å²) >= 11 is 0. The lowest BCUT2D eigenvalue weighted by Crippen LogP contribution is -2.49. The molecule has 25 heavy (non-hydrogen) atoms. The third kappa shape index (κ3) is 1.94. The average molecular weight is 339 g/mol. The lowest BCUT2D eigenvalue weighted by atomic mass is 10.0. The smallest absolute Gasteiger partial charge is 0.227 e. The van der Waals surface area contributed by atoms with Crippen molar-refractivity contribution in [2.75, 3.05) is 19.7 Å². The highest BCUT2D eigenvalue weighted by molar-refractivity contribution is 5.91. The van der Waals surface area contributed by atoms with E-state index in [2.05, 4.69) is 4.98 Å². The topological polar surface area (TPSA) is 65.6 Å². The van der Waals surface area contributed by atoms with Gasteiger partial charge in [0.25, 0.3) is 0 Å². The molecule has 0 aliphatic carbocycles. The standard InChI is InChI=1S/C19H21N3O3/c1-12-14(13-4-2-3-5-15(13)20-12)10-17(23)21-7-6-19-16(21)11-18(24)22(19)8-9-25-19/h2-5,16,20H,6-11H2,1H3/t16-,19+/m1/s1. The van der Waals surface area contributed by atoms with Crippen LogP contribution in [-0.4, -0.2) is 58.1 Å². The van der Waals surface area contributed by atoms with Crippen LogP contribution in [0.15, 0.2) is 24.3 Å². The molecular formula is C19H21N3O3. The number of carbonyl (C=O) groups is 2. The lowest BCUT2D eigenvalue weighted by Gasteiger charge is -2.31. The van der Waals surface area contributed by atoms with Crippen LogP contribution in [0.5, 0.6) is 0 Å². The van der Waals surface area contributed by atoms with Gasteiger partial charge in [-0.3, -0.25) is 9.59 Å². The van der Waals surface area contributed by atoms with Gasteiger partial charge in [0, 0.05) is 36.1 Å². The van der Waals surface area contributed by atoms with Crippen LogP contribution in [-0.2, 0) is 20.7 Å². The van der Waals surface area contributed by atoms with Crippen molar-refractivity contribution in [1.82, 2.24) is 14.8 Å². The Hall–Kier alpha value is -2.34. The number of H-pyrrole nitrogens is 1. The molecular weight excluding hydrogens is 318 g/mol. The van der Waals surface area contributed by atoms with E-state index in [0.29, 0.717) is 32.5 Å². The summed E-state index contributed by atoms with van der Waals surface area (Å²) < 4.78 is 5.97. The first-order valence-corrected chi connectivity index (χ1v) is 8.90. The fourth-order valence-electron chi connectivity index (χ4n) is 4.91. The van der Waals surface area contributed by atoms with Gasteiger partial charge in [-0.2, -0.15) is 0 Å². The number of hydrogen-bond acceptors (Lipinski definition) is 3. The number of nitrogens with zero attached hydrogens (tertiary/aromatic N) is 2. The number of para-hydroxylation sites is 1. The Morgan fingerprint density at radius 3 is 3.08 bits per heavy atom. The number of aryl methyl sites for hydroxylation is 1. The number of nitrogens with one attached hydrogen (secondary N) is 1. The van der Waals surface area contributed by atoms with Crippen molar-refractivity contribution in [2.45, 2.75) is 38.0 Å². The Kier molecular flexibility index (Phi) is 3.04. The molecule has 0 bridgehead atoms. The Morgan fingerprint density at radius 2 is 2.20 bits per heavy atom. The molecule has 6 nitrogen and oxygen atoms in total. The predicted octanol–water partition coefficient (Wildman–Crippen LogP) is 1.58. The fraction of sp³-hybridized carbons (Fsp3) is 0.474. The van der Waals surface area contributed by atoms with Crippen LogP contribution >= 0.6 is 0 Å². The van der Waals surface area contributed by atoms with E-state index < -0.39 is 5.72 Å². The van der Waals surface area contributed by atoms with Gasteiger partial charge in [0.2, 0.25) is 11.8 Å². The minimum Gasteiger partial charge on any atom is -0.358 e. The summed E-state index contributed by atoms with van der Waals surface area (Å²) in [6.07, 6.45) is 1.47. The number of fused-ring (bicyclic) bond motifs is 1. The normalized spacial score (nSPS) is 28.0. The number of amides is 2. The molecule has 0 unspecified atom stereocenters. The first kappa shape index (κ1) is 15.0. The fourth-order valence-corrected chi connectivity index (χ4v) is 4.91. The molecule has 3 fully saturated rings. The summed E-state index contributed by atoms with van der Waals surface area (Å²) in [4.78, 5) is 32.4. The molecule has 3 aliphatic rings. The molecule has 1 N–H and O–H groups in total. The van der Waals surface area contributed by atoms with Gasteiger partial charge in [-0.1, -0.05) is 18.2 Å². The summed E-state index contributed by atoms with van der Waals surface area (Å²) in [5.41, 5.74) is 2.59. The molecule has 0 radical (unpaired) electrons. The van der Waals surface area contributed by atoms with E-state index in [-0.39, 0.29) is 17.9 Å². The summed E-state index contributed by atoms with van der Waals surface area (Å²) in [5.74, 6) is 0.197. The van der Waals surface area contributed by atoms with E-state index in [4.69, 9.17) is 4.74 Å². The van der Waals surface area contributed by atoms with Crippen LogP contribution in [0.3, 0.4) is 0 Å². The maximum absolute atomic E-state index is 13.1. The maximum atomic E-state index is 13.1. The van der Waals surface area contributed by atoms with Crippen LogP contribution in [0.25, 0.3) is 10.9 Å². The second kappa shape index (κ2) is 5.08. The van der Waals surface area contributed by atoms with Gasteiger partial charge in [-0.15, -0.1) is 0 Å². The van der Waals surface area contributed by atoms with Crippen LogP contribution in [0.1, 0.15) is 24.1 Å². The van der Waals surface area contributed by atoms with Crippen molar-refractivity contribution >= 4 is 22.7 Å². The molecule has 1 aromatic heterocycles. The summed E-state index contributed by atoms with van der Waals surface area (Å²) in [5, 5.41) is 1.10.